The van der Waals surface area contributed by atoms with E-state index in [1.54, 1.807) is 11.9 Å². The van der Waals surface area contributed by atoms with Gasteiger partial charge in [-0.15, -0.1) is 5.10 Å². The summed E-state index contributed by atoms with van der Waals surface area (Å²) in [6.45, 7) is 0.439. The molecule has 0 radical (unpaired) electrons. The van der Waals surface area contributed by atoms with Crippen molar-refractivity contribution in [1.82, 2.24) is 20.1 Å². The van der Waals surface area contributed by atoms with Crippen LogP contribution in [0.1, 0.15) is 17.8 Å². The van der Waals surface area contributed by atoms with Crippen LogP contribution in [0.4, 0.5) is 0 Å². The molecule has 1 aromatic carbocycles. The highest BCUT2D eigenvalue weighted by Gasteiger charge is 2.10. The topological polar surface area (TPSA) is 85.7 Å². The molecule has 6 nitrogen and oxygen atoms in total. The molecular weight excluding hydrogens is 310 g/mol. The molecule has 0 aliphatic rings. The van der Waals surface area contributed by atoms with Crippen LogP contribution in [0, 0.1) is 11.3 Å². The average molecular weight is 327 g/mol. The van der Waals surface area contributed by atoms with Gasteiger partial charge >= 0.3 is 0 Å². The number of aromatic amines is 1. The van der Waals surface area contributed by atoms with Crippen LogP contribution < -0.4 is 0 Å². The molecule has 118 valence electrons. The zero-order valence-corrected chi connectivity index (χ0v) is 13.6. The molecule has 1 aromatic heterocycles. The van der Waals surface area contributed by atoms with E-state index >= 15 is 0 Å². The van der Waals surface area contributed by atoms with E-state index in [0.29, 0.717) is 23.9 Å². The van der Waals surface area contributed by atoms with E-state index in [4.69, 9.17) is 5.26 Å². The fraction of sp³-hybridized carbons (Fsp3) is 0.250. The number of amides is 1. The maximum absolute atomic E-state index is 11.9. The van der Waals surface area contributed by atoms with E-state index in [2.05, 4.69) is 15.2 Å². The van der Waals surface area contributed by atoms with Crippen molar-refractivity contribution in [3.8, 4) is 6.07 Å². The predicted octanol–water partition coefficient (Wildman–Crippen LogP) is 2.44. The molecule has 2 aromatic rings. The van der Waals surface area contributed by atoms with E-state index in [1.165, 1.54) is 11.8 Å². The lowest BCUT2D eigenvalue weighted by atomic mass is 10.2. The minimum absolute atomic E-state index is 0.0450. The Balaban J connectivity index is 1.84. The smallest absolute Gasteiger partial charge is 0.232 e. The molecule has 0 saturated heterocycles. The molecule has 7 heteroatoms. The number of rotatable bonds is 7. The van der Waals surface area contributed by atoms with Crippen LogP contribution >= 0.6 is 11.8 Å². The first-order chi connectivity index (χ1) is 11.2. The van der Waals surface area contributed by atoms with E-state index < -0.39 is 0 Å². The molecule has 0 saturated carbocycles. The van der Waals surface area contributed by atoms with Crippen molar-refractivity contribution in [2.75, 3.05) is 19.3 Å². The highest BCUT2D eigenvalue weighted by Crippen LogP contribution is 2.14. The van der Waals surface area contributed by atoms with Gasteiger partial charge < -0.3 is 4.90 Å². The van der Waals surface area contributed by atoms with Gasteiger partial charge in [0.1, 0.15) is 5.82 Å². The van der Waals surface area contributed by atoms with E-state index in [1.807, 2.05) is 48.6 Å². The van der Waals surface area contributed by atoms with Gasteiger partial charge in [-0.25, -0.2) is 4.98 Å². The monoisotopic (exact) mass is 327 g/mol. The second kappa shape index (κ2) is 8.76. The number of H-pyrrole nitrogens is 1. The summed E-state index contributed by atoms with van der Waals surface area (Å²) in [5.74, 6) is 0.847. The Kier molecular flexibility index (Phi) is 6.39. The molecule has 0 spiro atoms. The van der Waals surface area contributed by atoms with Gasteiger partial charge in [-0.05, 0) is 11.6 Å². The van der Waals surface area contributed by atoms with E-state index in [9.17, 15) is 4.79 Å². The summed E-state index contributed by atoms with van der Waals surface area (Å²) in [6, 6.07) is 11.9. The van der Waals surface area contributed by atoms with Crippen molar-refractivity contribution in [3.63, 3.8) is 0 Å². The van der Waals surface area contributed by atoms with Gasteiger partial charge in [-0.3, -0.25) is 9.89 Å². The number of nitriles is 1. The molecule has 0 bridgehead atoms. The normalized spacial score (nSPS) is 10.6. The number of nitrogens with one attached hydrogen (secondary N) is 1. The Morgan fingerprint density at radius 1 is 1.39 bits per heavy atom. The number of nitrogens with zero attached hydrogens (tertiary/aromatic N) is 4. The number of benzene rings is 1. The molecule has 0 aliphatic heterocycles. The summed E-state index contributed by atoms with van der Waals surface area (Å²) >= 11 is 1.27. The average Bonchev–Trinajstić information content (AvgIpc) is 3.04. The predicted molar refractivity (Wildman–Crippen MR) is 90.3 cm³/mol. The molecule has 0 aliphatic carbocycles. The SMILES string of the molecule is CN(CCC#N)C(=O)CSc1n[nH]c(/C=C/c2ccccc2)n1. The zero-order valence-electron chi connectivity index (χ0n) is 12.8. The summed E-state index contributed by atoms with van der Waals surface area (Å²) in [6.07, 6.45) is 4.12. The summed E-state index contributed by atoms with van der Waals surface area (Å²) in [5, 5.41) is 15.9. The van der Waals surface area contributed by atoms with Crippen molar-refractivity contribution in [3.05, 3.63) is 41.7 Å². The third kappa shape index (κ3) is 5.60. The number of thioether (sulfide) groups is 1. The fourth-order valence-electron chi connectivity index (χ4n) is 1.72. The van der Waals surface area contributed by atoms with Crippen LogP contribution in [0.15, 0.2) is 35.5 Å². The van der Waals surface area contributed by atoms with Gasteiger partial charge in [0, 0.05) is 13.6 Å². The number of hydrogen-bond acceptors (Lipinski definition) is 5. The Morgan fingerprint density at radius 3 is 2.91 bits per heavy atom. The van der Waals surface area contributed by atoms with E-state index in [-0.39, 0.29) is 11.7 Å². The fourth-order valence-corrected chi connectivity index (χ4v) is 2.46. The van der Waals surface area contributed by atoms with Crippen molar-refractivity contribution in [2.45, 2.75) is 11.6 Å². The van der Waals surface area contributed by atoms with Gasteiger partial charge in [-0.1, -0.05) is 48.2 Å². The molecule has 1 heterocycles. The number of carbonyl (C=O) groups excluding carboxylic acids is 1. The minimum Gasteiger partial charge on any atom is -0.344 e. The highest BCUT2D eigenvalue weighted by atomic mass is 32.2. The van der Waals surface area contributed by atoms with Crippen LogP contribution in [-0.2, 0) is 4.79 Å². The van der Waals surface area contributed by atoms with Crippen LogP contribution in [0.5, 0.6) is 0 Å². The molecule has 2 rings (SSSR count). The van der Waals surface area contributed by atoms with Gasteiger partial charge in [0.25, 0.3) is 0 Å². The third-order valence-corrected chi connectivity index (χ3v) is 3.86. The second-order valence-electron chi connectivity index (χ2n) is 4.76. The standard InChI is InChI=1S/C16H17N5OS/c1-21(11-5-10-17)15(22)12-23-16-18-14(19-20-16)9-8-13-6-3-2-4-7-13/h2-4,6-9H,5,11-12H2,1H3,(H,18,19,20)/b9-8+. The summed E-state index contributed by atoms with van der Waals surface area (Å²) < 4.78 is 0. The summed E-state index contributed by atoms with van der Waals surface area (Å²) in [7, 11) is 1.69. The highest BCUT2D eigenvalue weighted by molar-refractivity contribution is 7.99. The van der Waals surface area contributed by atoms with Gasteiger partial charge in [0.15, 0.2) is 0 Å². The number of aromatic nitrogens is 3. The lowest BCUT2D eigenvalue weighted by molar-refractivity contribution is -0.127. The maximum atomic E-state index is 11.9. The van der Waals surface area contributed by atoms with Crippen LogP contribution in [0.3, 0.4) is 0 Å². The molecular formula is C16H17N5OS. The third-order valence-electron chi connectivity index (χ3n) is 3.02. The Morgan fingerprint density at radius 2 is 2.17 bits per heavy atom. The quantitative estimate of drug-likeness (QED) is 0.789. The lowest BCUT2D eigenvalue weighted by Gasteiger charge is -2.14. The molecule has 0 unspecified atom stereocenters. The van der Waals surface area contributed by atoms with Gasteiger partial charge in [0.05, 0.1) is 18.2 Å². The van der Waals surface area contributed by atoms with Crippen molar-refractivity contribution in [1.29, 1.82) is 5.26 Å². The van der Waals surface area contributed by atoms with Crippen LogP contribution in [-0.4, -0.2) is 45.3 Å². The maximum Gasteiger partial charge on any atom is 0.232 e. The molecule has 1 N–H and O–H groups in total. The molecule has 0 fully saturated rings. The number of carbonyl (C=O) groups is 1. The first-order valence-corrected chi connectivity index (χ1v) is 8.07. The van der Waals surface area contributed by atoms with Crippen molar-refractivity contribution < 1.29 is 4.79 Å². The number of hydrogen-bond donors (Lipinski definition) is 1. The summed E-state index contributed by atoms with van der Waals surface area (Å²) in [4.78, 5) is 17.7. The van der Waals surface area contributed by atoms with Crippen LogP contribution in [0.2, 0.25) is 0 Å². The first kappa shape index (κ1) is 16.8. The van der Waals surface area contributed by atoms with E-state index in [0.717, 1.165) is 5.56 Å². The molecule has 1 amide bonds. The Bertz CT molecular complexity index is 705. The second-order valence-corrected chi connectivity index (χ2v) is 5.70. The Hall–Kier alpha value is -2.59. The minimum atomic E-state index is -0.0450. The van der Waals surface area contributed by atoms with Crippen molar-refractivity contribution >= 4 is 29.8 Å². The summed E-state index contributed by atoms with van der Waals surface area (Å²) in [5.41, 5.74) is 1.08. The lowest BCUT2D eigenvalue weighted by Crippen LogP contribution is -2.29. The van der Waals surface area contributed by atoms with Crippen molar-refractivity contribution in [2.24, 2.45) is 0 Å². The largest absolute Gasteiger partial charge is 0.344 e. The molecule has 0 atom stereocenters. The first-order valence-electron chi connectivity index (χ1n) is 7.08. The van der Waals surface area contributed by atoms with Gasteiger partial charge in [-0.2, -0.15) is 5.26 Å². The van der Waals surface area contributed by atoms with Crippen LogP contribution in [0.25, 0.3) is 12.2 Å². The molecule has 23 heavy (non-hydrogen) atoms. The Labute approximate surface area is 139 Å². The van der Waals surface area contributed by atoms with Gasteiger partial charge in [0.2, 0.25) is 11.1 Å². The zero-order chi connectivity index (χ0) is 16.5.